The highest BCUT2D eigenvalue weighted by atomic mass is 19.1. The average molecular weight is 329 g/mol. The molecule has 0 bridgehead atoms. The van der Waals surface area contributed by atoms with E-state index >= 15 is 0 Å². The number of H-pyrrole nitrogens is 1. The zero-order chi connectivity index (χ0) is 16.5. The van der Waals surface area contributed by atoms with Crippen molar-refractivity contribution in [1.29, 1.82) is 0 Å². The molecule has 3 heterocycles. The van der Waals surface area contributed by atoms with Crippen molar-refractivity contribution in [3.63, 3.8) is 0 Å². The molecule has 0 amide bonds. The first-order chi connectivity index (χ1) is 11.7. The van der Waals surface area contributed by atoms with Crippen LogP contribution in [0.4, 0.5) is 16.3 Å². The SMILES string of the molecule is Nc1n[nH]c(N2CCC(c3nc(-c4ccc(F)cc4)no3)CC2)n1. The number of anilines is 2. The highest BCUT2D eigenvalue weighted by molar-refractivity contribution is 5.53. The third-order valence-electron chi connectivity index (χ3n) is 4.18. The Bertz CT molecular complexity index is 820. The lowest BCUT2D eigenvalue weighted by Gasteiger charge is -2.29. The summed E-state index contributed by atoms with van der Waals surface area (Å²) < 4.78 is 18.4. The summed E-state index contributed by atoms with van der Waals surface area (Å²) in [6.45, 7) is 1.60. The van der Waals surface area contributed by atoms with Crippen molar-refractivity contribution >= 4 is 11.9 Å². The zero-order valence-electron chi connectivity index (χ0n) is 12.8. The Morgan fingerprint density at radius 1 is 1.17 bits per heavy atom. The van der Waals surface area contributed by atoms with Gasteiger partial charge in [-0.3, -0.25) is 0 Å². The van der Waals surface area contributed by atoms with Crippen molar-refractivity contribution in [3.8, 4) is 11.4 Å². The molecule has 1 aliphatic rings. The summed E-state index contributed by atoms with van der Waals surface area (Å²) in [6, 6.07) is 6.04. The maximum absolute atomic E-state index is 13.0. The largest absolute Gasteiger partial charge is 0.366 e. The zero-order valence-corrected chi connectivity index (χ0v) is 12.8. The lowest BCUT2D eigenvalue weighted by molar-refractivity contribution is 0.329. The number of aromatic amines is 1. The molecule has 1 aromatic carbocycles. The Hall–Kier alpha value is -2.97. The number of rotatable bonds is 3. The number of benzene rings is 1. The Labute approximate surface area is 136 Å². The summed E-state index contributed by atoms with van der Waals surface area (Å²) in [5.74, 6) is 1.93. The number of halogens is 1. The summed E-state index contributed by atoms with van der Waals surface area (Å²) in [5, 5.41) is 10.7. The van der Waals surface area contributed by atoms with Crippen LogP contribution < -0.4 is 10.6 Å². The predicted molar refractivity (Wildman–Crippen MR) is 84.7 cm³/mol. The van der Waals surface area contributed by atoms with Gasteiger partial charge in [0, 0.05) is 24.6 Å². The van der Waals surface area contributed by atoms with Crippen LogP contribution in [0.1, 0.15) is 24.7 Å². The highest BCUT2D eigenvalue weighted by Gasteiger charge is 2.26. The maximum Gasteiger partial charge on any atom is 0.241 e. The van der Waals surface area contributed by atoms with E-state index in [9.17, 15) is 4.39 Å². The summed E-state index contributed by atoms with van der Waals surface area (Å²) in [6.07, 6.45) is 1.73. The van der Waals surface area contributed by atoms with E-state index in [1.165, 1.54) is 12.1 Å². The molecule has 0 saturated carbocycles. The van der Waals surface area contributed by atoms with Gasteiger partial charge in [0.05, 0.1) is 0 Å². The minimum atomic E-state index is -0.289. The third-order valence-corrected chi connectivity index (χ3v) is 4.18. The van der Waals surface area contributed by atoms with Crippen LogP contribution in [-0.2, 0) is 0 Å². The molecule has 3 aromatic rings. The number of hydrogen-bond donors (Lipinski definition) is 2. The molecule has 3 N–H and O–H groups in total. The minimum absolute atomic E-state index is 0.197. The monoisotopic (exact) mass is 329 g/mol. The van der Waals surface area contributed by atoms with Gasteiger partial charge >= 0.3 is 0 Å². The van der Waals surface area contributed by atoms with Gasteiger partial charge in [0.2, 0.25) is 23.6 Å². The molecule has 0 unspecified atom stereocenters. The van der Waals surface area contributed by atoms with Gasteiger partial charge in [-0.2, -0.15) is 9.97 Å². The van der Waals surface area contributed by atoms with Crippen molar-refractivity contribution in [2.45, 2.75) is 18.8 Å². The Balaban J connectivity index is 1.43. The quantitative estimate of drug-likeness (QED) is 0.755. The van der Waals surface area contributed by atoms with Crippen molar-refractivity contribution in [2.24, 2.45) is 0 Å². The first-order valence-electron chi connectivity index (χ1n) is 7.71. The van der Waals surface area contributed by atoms with Crippen molar-refractivity contribution < 1.29 is 8.91 Å². The smallest absolute Gasteiger partial charge is 0.241 e. The average Bonchev–Trinajstić information content (AvgIpc) is 3.25. The summed E-state index contributed by atoms with van der Waals surface area (Å²) in [5.41, 5.74) is 6.27. The molecule has 24 heavy (non-hydrogen) atoms. The molecule has 0 atom stereocenters. The van der Waals surface area contributed by atoms with Crippen LogP contribution in [0, 0.1) is 5.82 Å². The Kier molecular flexibility index (Phi) is 3.60. The molecule has 0 radical (unpaired) electrons. The van der Waals surface area contributed by atoms with E-state index in [0.29, 0.717) is 17.7 Å². The van der Waals surface area contributed by atoms with E-state index in [2.05, 4.69) is 30.2 Å². The van der Waals surface area contributed by atoms with Crippen LogP contribution in [0.25, 0.3) is 11.4 Å². The fourth-order valence-electron chi connectivity index (χ4n) is 2.86. The number of nitrogens with zero attached hydrogens (tertiary/aromatic N) is 5. The fraction of sp³-hybridized carbons (Fsp3) is 0.333. The number of nitrogens with two attached hydrogens (primary N) is 1. The van der Waals surface area contributed by atoms with E-state index in [1.54, 1.807) is 12.1 Å². The van der Waals surface area contributed by atoms with Gasteiger partial charge in [-0.25, -0.2) is 9.49 Å². The maximum atomic E-state index is 13.0. The molecule has 1 aliphatic heterocycles. The minimum Gasteiger partial charge on any atom is -0.366 e. The number of nitrogen functional groups attached to an aromatic ring is 1. The molecule has 1 fully saturated rings. The van der Waals surface area contributed by atoms with Crippen LogP contribution in [0.15, 0.2) is 28.8 Å². The number of aromatic nitrogens is 5. The summed E-state index contributed by atoms with van der Waals surface area (Å²) in [7, 11) is 0. The van der Waals surface area contributed by atoms with E-state index in [0.717, 1.165) is 31.5 Å². The van der Waals surface area contributed by atoms with E-state index < -0.39 is 0 Å². The highest BCUT2D eigenvalue weighted by Crippen LogP contribution is 2.29. The first kappa shape index (κ1) is 14.6. The molecule has 0 aliphatic carbocycles. The van der Waals surface area contributed by atoms with Crippen molar-refractivity contribution in [3.05, 3.63) is 36.0 Å². The third kappa shape index (κ3) is 2.80. The van der Waals surface area contributed by atoms with Crippen molar-refractivity contribution in [2.75, 3.05) is 23.7 Å². The van der Waals surface area contributed by atoms with Crippen LogP contribution in [0.3, 0.4) is 0 Å². The number of nitrogens with one attached hydrogen (secondary N) is 1. The lowest BCUT2D eigenvalue weighted by Crippen LogP contribution is -2.33. The molecule has 4 rings (SSSR count). The van der Waals surface area contributed by atoms with E-state index in [4.69, 9.17) is 10.3 Å². The van der Waals surface area contributed by atoms with Crippen LogP contribution in [0.2, 0.25) is 0 Å². The van der Waals surface area contributed by atoms with E-state index in [1.807, 2.05) is 0 Å². The molecule has 2 aromatic heterocycles. The predicted octanol–water partition coefficient (Wildman–Crippen LogP) is 1.96. The normalized spacial score (nSPS) is 15.8. The molecular weight excluding hydrogens is 313 g/mol. The second-order valence-corrected chi connectivity index (χ2v) is 5.74. The standard InChI is InChI=1S/C15H16FN7O/c16-11-3-1-9(2-4-11)12-18-13(24-22-12)10-5-7-23(8-6-10)15-19-14(17)20-21-15/h1-4,10H,5-8H2,(H3,17,19,20,21). The van der Waals surface area contributed by atoms with E-state index in [-0.39, 0.29) is 17.7 Å². The van der Waals surface area contributed by atoms with Gasteiger partial charge < -0.3 is 15.2 Å². The lowest BCUT2D eigenvalue weighted by atomic mass is 9.97. The molecular formula is C15H16FN7O. The van der Waals surface area contributed by atoms with Gasteiger partial charge in [0.25, 0.3) is 0 Å². The molecule has 1 saturated heterocycles. The van der Waals surface area contributed by atoms with Gasteiger partial charge in [-0.15, -0.1) is 5.10 Å². The molecule has 124 valence electrons. The second kappa shape index (κ2) is 5.91. The van der Waals surface area contributed by atoms with Crippen LogP contribution in [-0.4, -0.2) is 38.4 Å². The topological polar surface area (TPSA) is 110 Å². The summed E-state index contributed by atoms with van der Waals surface area (Å²) in [4.78, 5) is 10.7. The molecule has 8 nitrogen and oxygen atoms in total. The number of hydrogen-bond acceptors (Lipinski definition) is 7. The second-order valence-electron chi connectivity index (χ2n) is 5.74. The number of piperidine rings is 1. The Morgan fingerprint density at radius 3 is 2.58 bits per heavy atom. The van der Waals surface area contributed by atoms with Gasteiger partial charge in [0.15, 0.2) is 0 Å². The molecule has 0 spiro atoms. The van der Waals surface area contributed by atoms with Crippen LogP contribution in [0.5, 0.6) is 0 Å². The van der Waals surface area contributed by atoms with Gasteiger partial charge in [-0.05, 0) is 37.1 Å². The molecule has 9 heteroatoms. The van der Waals surface area contributed by atoms with Gasteiger partial charge in [-0.1, -0.05) is 5.16 Å². The van der Waals surface area contributed by atoms with Crippen LogP contribution >= 0.6 is 0 Å². The Morgan fingerprint density at radius 2 is 1.92 bits per heavy atom. The summed E-state index contributed by atoms with van der Waals surface area (Å²) >= 11 is 0. The van der Waals surface area contributed by atoms with Crippen molar-refractivity contribution in [1.82, 2.24) is 25.3 Å². The first-order valence-corrected chi connectivity index (χ1v) is 7.71. The van der Waals surface area contributed by atoms with Gasteiger partial charge in [0.1, 0.15) is 5.82 Å². The fourth-order valence-corrected chi connectivity index (χ4v) is 2.86.